The average molecular weight is 343 g/mol. The van der Waals surface area contributed by atoms with Gasteiger partial charge in [0.15, 0.2) is 5.82 Å². The highest BCUT2D eigenvalue weighted by Crippen LogP contribution is 2.24. The smallest absolute Gasteiger partial charge is 0.215 e. The summed E-state index contributed by atoms with van der Waals surface area (Å²) in [6.45, 7) is 4.50. The molecule has 5 nitrogen and oxygen atoms in total. The fourth-order valence-corrected chi connectivity index (χ4v) is 3.80. The molecular weight excluding hydrogens is 324 g/mol. The standard InChI is InChI=1S/C15H19F2N3O2S/c1-3-20(4-2)23(21,22)8-7-18-14-5-6-19-15-12(14)9-11(16)10-13(15)17/h5-6,9-10H,3-4,7-8H2,1-2H3,(H,18,19). The Hall–Kier alpha value is -1.80. The van der Waals surface area contributed by atoms with Gasteiger partial charge >= 0.3 is 0 Å². The van der Waals surface area contributed by atoms with Gasteiger partial charge in [-0.25, -0.2) is 21.5 Å². The Kier molecular flexibility index (Phi) is 5.48. The van der Waals surface area contributed by atoms with Gasteiger partial charge in [0.2, 0.25) is 10.0 Å². The number of rotatable bonds is 7. The van der Waals surface area contributed by atoms with Crippen molar-refractivity contribution in [1.82, 2.24) is 9.29 Å². The molecule has 1 heterocycles. The summed E-state index contributed by atoms with van der Waals surface area (Å²) < 4.78 is 52.7. The van der Waals surface area contributed by atoms with E-state index in [0.29, 0.717) is 18.8 Å². The van der Waals surface area contributed by atoms with E-state index in [0.717, 1.165) is 6.07 Å². The van der Waals surface area contributed by atoms with Crippen molar-refractivity contribution in [2.45, 2.75) is 13.8 Å². The molecule has 2 rings (SSSR count). The minimum atomic E-state index is -3.36. The van der Waals surface area contributed by atoms with Crippen LogP contribution in [-0.4, -0.2) is 43.1 Å². The number of nitrogens with zero attached hydrogens (tertiary/aromatic N) is 2. The number of hydrogen-bond donors (Lipinski definition) is 1. The minimum absolute atomic E-state index is 0.0444. The SMILES string of the molecule is CCN(CC)S(=O)(=O)CCNc1ccnc2c(F)cc(F)cc12. The quantitative estimate of drug-likeness (QED) is 0.839. The molecular formula is C15H19F2N3O2S. The summed E-state index contributed by atoms with van der Waals surface area (Å²) in [6, 6.07) is 3.50. The number of hydrogen-bond acceptors (Lipinski definition) is 4. The first-order chi connectivity index (χ1) is 10.9. The highest BCUT2D eigenvalue weighted by atomic mass is 32.2. The van der Waals surface area contributed by atoms with Gasteiger partial charge in [0.05, 0.1) is 5.75 Å². The van der Waals surface area contributed by atoms with E-state index in [2.05, 4.69) is 10.3 Å². The molecule has 0 saturated heterocycles. The summed E-state index contributed by atoms with van der Waals surface area (Å²) in [5.41, 5.74) is 0.492. The predicted octanol–water partition coefficient (Wildman–Crippen LogP) is 2.60. The van der Waals surface area contributed by atoms with Gasteiger partial charge in [-0.15, -0.1) is 0 Å². The summed E-state index contributed by atoms with van der Waals surface area (Å²) in [6.07, 6.45) is 1.39. The van der Waals surface area contributed by atoms with Crippen LogP contribution in [0.2, 0.25) is 0 Å². The highest BCUT2D eigenvalue weighted by molar-refractivity contribution is 7.89. The lowest BCUT2D eigenvalue weighted by atomic mass is 10.1. The zero-order chi connectivity index (χ0) is 17.0. The van der Waals surface area contributed by atoms with Crippen molar-refractivity contribution in [3.8, 4) is 0 Å². The number of pyridine rings is 1. The van der Waals surface area contributed by atoms with E-state index in [-0.39, 0.29) is 23.2 Å². The Morgan fingerprint density at radius 3 is 2.57 bits per heavy atom. The van der Waals surface area contributed by atoms with Crippen LogP contribution in [0.3, 0.4) is 0 Å². The number of aromatic nitrogens is 1. The summed E-state index contributed by atoms with van der Waals surface area (Å²) in [5, 5.41) is 3.20. The molecule has 1 aromatic heterocycles. The van der Waals surface area contributed by atoms with Crippen molar-refractivity contribution < 1.29 is 17.2 Å². The zero-order valence-corrected chi connectivity index (χ0v) is 13.8. The van der Waals surface area contributed by atoms with Crippen molar-refractivity contribution in [2.24, 2.45) is 0 Å². The maximum atomic E-state index is 13.7. The topological polar surface area (TPSA) is 62.3 Å². The average Bonchev–Trinajstić information content (AvgIpc) is 2.48. The maximum absolute atomic E-state index is 13.7. The second-order valence-corrected chi connectivity index (χ2v) is 7.06. The van der Waals surface area contributed by atoms with Gasteiger partial charge < -0.3 is 5.32 Å². The van der Waals surface area contributed by atoms with Crippen LogP contribution in [0.25, 0.3) is 10.9 Å². The van der Waals surface area contributed by atoms with E-state index in [1.807, 2.05) is 0 Å². The van der Waals surface area contributed by atoms with E-state index in [1.165, 1.54) is 16.6 Å². The van der Waals surface area contributed by atoms with E-state index >= 15 is 0 Å². The van der Waals surface area contributed by atoms with Crippen molar-refractivity contribution in [1.29, 1.82) is 0 Å². The van der Waals surface area contributed by atoms with Crippen molar-refractivity contribution in [2.75, 3.05) is 30.7 Å². The predicted molar refractivity (Wildman–Crippen MR) is 86.9 cm³/mol. The van der Waals surface area contributed by atoms with E-state index in [1.54, 1.807) is 19.9 Å². The Morgan fingerprint density at radius 1 is 1.22 bits per heavy atom. The Labute approximate surface area is 134 Å². The molecule has 0 unspecified atom stereocenters. The minimum Gasteiger partial charge on any atom is -0.383 e. The molecule has 0 saturated carbocycles. The third-order valence-corrected chi connectivity index (χ3v) is 5.56. The second-order valence-electron chi connectivity index (χ2n) is 4.97. The molecule has 0 radical (unpaired) electrons. The summed E-state index contributed by atoms with van der Waals surface area (Å²) in [4.78, 5) is 3.89. The fraction of sp³-hybridized carbons (Fsp3) is 0.400. The van der Waals surface area contributed by atoms with E-state index in [9.17, 15) is 17.2 Å². The monoisotopic (exact) mass is 343 g/mol. The maximum Gasteiger partial charge on any atom is 0.215 e. The molecule has 8 heteroatoms. The van der Waals surface area contributed by atoms with Gasteiger partial charge in [-0.3, -0.25) is 4.98 Å². The third kappa shape index (κ3) is 3.94. The number of sulfonamides is 1. The second kappa shape index (κ2) is 7.18. The lowest BCUT2D eigenvalue weighted by Gasteiger charge is -2.18. The van der Waals surface area contributed by atoms with Crippen LogP contribution in [0, 0.1) is 11.6 Å². The fourth-order valence-electron chi connectivity index (χ4n) is 2.39. The van der Waals surface area contributed by atoms with Gasteiger partial charge in [0, 0.05) is 43.0 Å². The van der Waals surface area contributed by atoms with Crippen LogP contribution >= 0.6 is 0 Å². The molecule has 0 spiro atoms. The van der Waals surface area contributed by atoms with Gasteiger partial charge in [0.1, 0.15) is 11.3 Å². The molecule has 0 aliphatic carbocycles. The first-order valence-corrected chi connectivity index (χ1v) is 8.95. The van der Waals surface area contributed by atoms with Crippen LogP contribution in [0.1, 0.15) is 13.8 Å². The molecule has 0 atom stereocenters. The van der Waals surface area contributed by atoms with Crippen LogP contribution in [0.5, 0.6) is 0 Å². The van der Waals surface area contributed by atoms with Crippen LogP contribution in [-0.2, 0) is 10.0 Å². The molecule has 0 bridgehead atoms. The normalized spacial score (nSPS) is 12.0. The number of nitrogens with one attached hydrogen (secondary N) is 1. The Balaban J connectivity index is 2.17. The Bertz CT molecular complexity index is 793. The molecule has 0 amide bonds. The number of benzene rings is 1. The summed E-state index contributed by atoms with van der Waals surface area (Å²) in [5.74, 6) is -1.56. The third-order valence-electron chi connectivity index (χ3n) is 3.54. The van der Waals surface area contributed by atoms with Crippen molar-refractivity contribution in [3.05, 3.63) is 36.0 Å². The van der Waals surface area contributed by atoms with Gasteiger partial charge in [-0.2, -0.15) is 0 Å². The van der Waals surface area contributed by atoms with Gasteiger partial charge in [-0.1, -0.05) is 13.8 Å². The highest BCUT2D eigenvalue weighted by Gasteiger charge is 2.18. The number of fused-ring (bicyclic) bond motifs is 1. The van der Waals surface area contributed by atoms with Crippen LogP contribution in [0.4, 0.5) is 14.5 Å². The van der Waals surface area contributed by atoms with Crippen molar-refractivity contribution >= 4 is 26.6 Å². The zero-order valence-electron chi connectivity index (χ0n) is 13.0. The molecule has 0 aliphatic rings. The number of anilines is 1. The summed E-state index contributed by atoms with van der Waals surface area (Å²) >= 11 is 0. The largest absolute Gasteiger partial charge is 0.383 e. The van der Waals surface area contributed by atoms with E-state index in [4.69, 9.17) is 0 Å². The lowest BCUT2D eigenvalue weighted by molar-refractivity contribution is 0.446. The van der Waals surface area contributed by atoms with Crippen molar-refractivity contribution in [3.63, 3.8) is 0 Å². The first-order valence-electron chi connectivity index (χ1n) is 7.34. The lowest BCUT2D eigenvalue weighted by Crippen LogP contribution is -2.34. The van der Waals surface area contributed by atoms with E-state index < -0.39 is 21.7 Å². The molecule has 0 fully saturated rings. The van der Waals surface area contributed by atoms with Gasteiger partial charge in [-0.05, 0) is 12.1 Å². The summed E-state index contributed by atoms with van der Waals surface area (Å²) in [7, 11) is -3.36. The number of halogens is 2. The van der Waals surface area contributed by atoms with Gasteiger partial charge in [0.25, 0.3) is 0 Å². The molecule has 2 aromatic rings. The first kappa shape index (κ1) is 17.6. The molecule has 0 aliphatic heterocycles. The molecule has 1 aromatic carbocycles. The van der Waals surface area contributed by atoms with Crippen LogP contribution < -0.4 is 5.32 Å². The molecule has 23 heavy (non-hydrogen) atoms. The molecule has 1 N–H and O–H groups in total. The van der Waals surface area contributed by atoms with Crippen LogP contribution in [0.15, 0.2) is 24.4 Å². The Morgan fingerprint density at radius 2 is 1.91 bits per heavy atom. The molecule has 126 valence electrons.